The van der Waals surface area contributed by atoms with E-state index in [1.807, 2.05) is 11.8 Å². The van der Waals surface area contributed by atoms with Gasteiger partial charge in [0.25, 0.3) is 0 Å². The Bertz CT molecular complexity index is 150. The van der Waals surface area contributed by atoms with Crippen molar-refractivity contribution in [1.82, 2.24) is 0 Å². The summed E-state index contributed by atoms with van der Waals surface area (Å²) in [6, 6.07) is 0. The first-order chi connectivity index (χ1) is 4.88. The van der Waals surface area contributed by atoms with Crippen LogP contribution in [0.4, 0.5) is 0 Å². The van der Waals surface area contributed by atoms with Crippen molar-refractivity contribution in [1.29, 1.82) is 0 Å². The molecule has 2 atom stereocenters. The monoisotopic (exact) mass is 174 g/mol. The van der Waals surface area contributed by atoms with Gasteiger partial charge in [-0.15, -0.1) is 0 Å². The van der Waals surface area contributed by atoms with E-state index in [0.29, 0.717) is 5.92 Å². The molecule has 0 spiro atoms. The topological polar surface area (TPSA) is 20.2 Å². The van der Waals surface area contributed by atoms with E-state index in [1.54, 1.807) is 0 Å². The van der Waals surface area contributed by atoms with Crippen LogP contribution in [0.2, 0.25) is 0 Å². The SMILES string of the molecule is CC1CSCC1(O)C(C)(C)C. The lowest BCUT2D eigenvalue weighted by molar-refractivity contribution is -0.0665. The number of aliphatic hydroxyl groups is 1. The summed E-state index contributed by atoms with van der Waals surface area (Å²) in [6.07, 6.45) is 0. The molecule has 0 saturated carbocycles. The molecule has 11 heavy (non-hydrogen) atoms. The zero-order valence-corrected chi connectivity index (χ0v) is 8.66. The minimum Gasteiger partial charge on any atom is -0.388 e. The van der Waals surface area contributed by atoms with Gasteiger partial charge in [-0.25, -0.2) is 0 Å². The standard InChI is InChI=1S/C9H18OS/c1-7-5-11-6-9(7,10)8(2,3)4/h7,10H,5-6H2,1-4H3. The van der Waals surface area contributed by atoms with Crippen molar-refractivity contribution in [3.63, 3.8) is 0 Å². The Morgan fingerprint density at radius 2 is 2.00 bits per heavy atom. The lowest BCUT2D eigenvalue weighted by Crippen LogP contribution is -2.47. The average Bonchev–Trinajstić information content (AvgIpc) is 2.12. The molecular formula is C9H18OS. The fourth-order valence-corrected chi connectivity index (χ4v) is 3.40. The van der Waals surface area contributed by atoms with Gasteiger partial charge in [-0.05, 0) is 17.1 Å². The van der Waals surface area contributed by atoms with Crippen LogP contribution >= 0.6 is 11.8 Å². The van der Waals surface area contributed by atoms with Gasteiger partial charge in [0.2, 0.25) is 0 Å². The summed E-state index contributed by atoms with van der Waals surface area (Å²) in [5.74, 6) is 2.44. The molecule has 0 radical (unpaired) electrons. The maximum Gasteiger partial charge on any atom is 0.0818 e. The molecule has 1 fully saturated rings. The highest BCUT2D eigenvalue weighted by Gasteiger charge is 2.47. The van der Waals surface area contributed by atoms with Gasteiger partial charge < -0.3 is 5.11 Å². The molecule has 1 aliphatic rings. The molecule has 2 heteroatoms. The lowest BCUT2D eigenvalue weighted by Gasteiger charge is -2.40. The second kappa shape index (κ2) is 2.67. The molecule has 0 amide bonds. The van der Waals surface area contributed by atoms with E-state index in [4.69, 9.17) is 0 Å². The zero-order chi connectivity index (χ0) is 8.70. The molecule has 1 aliphatic heterocycles. The van der Waals surface area contributed by atoms with Crippen LogP contribution in [0.1, 0.15) is 27.7 Å². The van der Waals surface area contributed by atoms with E-state index in [0.717, 1.165) is 11.5 Å². The predicted octanol–water partition coefficient (Wildman–Crippen LogP) is 2.15. The number of rotatable bonds is 0. The van der Waals surface area contributed by atoms with Crippen molar-refractivity contribution >= 4 is 11.8 Å². The molecule has 0 aromatic rings. The Balaban J connectivity index is 2.81. The summed E-state index contributed by atoms with van der Waals surface area (Å²) in [5, 5.41) is 10.3. The largest absolute Gasteiger partial charge is 0.388 e. The Morgan fingerprint density at radius 1 is 1.45 bits per heavy atom. The van der Waals surface area contributed by atoms with E-state index in [2.05, 4.69) is 27.7 Å². The van der Waals surface area contributed by atoms with Gasteiger partial charge >= 0.3 is 0 Å². The summed E-state index contributed by atoms with van der Waals surface area (Å²) >= 11 is 1.87. The second-order valence-electron chi connectivity index (χ2n) is 4.59. The molecule has 1 N–H and O–H groups in total. The Morgan fingerprint density at radius 3 is 2.18 bits per heavy atom. The quantitative estimate of drug-likeness (QED) is 0.607. The Labute approximate surface area is 73.6 Å². The van der Waals surface area contributed by atoms with Gasteiger partial charge in [-0.1, -0.05) is 27.7 Å². The van der Waals surface area contributed by atoms with Gasteiger partial charge in [0, 0.05) is 5.75 Å². The molecule has 1 saturated heterocycles. The smallest absolute Gasteiger partial charge is 0.0818 e. The summed E-state index contributed by atoms with van der Waals surface area (Å²) in [7, 11) is 0. The molecule has 2 unspecified atom stereocenters. The first kappa shape index (κ1) is 9.40. The summed E-state index contributed by atoms with van der Waals surface area (Å²) in [5.41, 5.74) is -0.423. The van der Waals surface area contributed by atoms with Gasteiger partial charge in [0.1, 0.15) is 0 Å². The Hall–Kier alpha value is 0.310. The minimum absolute atomic E-state index is 0.0237. The molecule has 1 heterocycles. The highest BCUT2D eigenvalue weighted by Crippen LogP contribution is 2.44. The predicted molar refractivity (Wildman–Crippen MR) is 50.9 cm³/mol. The highest BCUT2D eigenvalue weighted by atomic mass is 32.2. The van der Waals surface area contributed by atoms with Gasteiger partial charge in [0.05, 0.1) is 5.60 Å². The third kappa shape index (κ3) is 1.43. The van der Waals surface area contributed by atoms with Crippen molar-refractivity contribution in [2.75, 3.05) is 11.5 Å². The van der Waals surface area contributed by atoms with Crippen LogP contribution in [0.25, 0.3) is 0 Å². The summed E-state index contributed by atoms with van der Waals surface area (Å²) in [6.45, 7) is 8.51. The normalized spacial score (nSPS) is 39.5. The lowest BCUT2D eigenvalue weighted by atomic mass is 9.71. The summed E-state index contributed by atoms with van der Waals surface area (Å²) in [4.78, 5) is 0. The molecule has 0 bridgehead atoms. The molecular weight excluding hydrogens is 156 g/mol. The fourth-order valence-electron chi connectivity index (χ4n) is 1.63. The van der Waals surface area contributed by atoms with Crippen LogP contribution in [0.15, 0.2) is 0 Å². The van der Waals surface area contributed by atoms with E-state index < -0.39 is 5.60 Å². The first-order valence-corrected chi connectivity index (χ1v) is 5.33. The molecule has 1 nitrogen and oxygen atoms in total. The molecule has 0 aliphatic carbocycles. The van der Waals surface area contributed by atoms with Crippen LogP contribution in [0.3, 0.4) is 0 Å². The first-order valence-electron chi connectivity index (χ1n) is 4.18. The van der Waals surface area contributed by atoms with Crippen molar-refractivity contribution in [2.45, 2.75) is 33.3 Å². The fraction of sp³-hybridized carbons (Fsp3) is 1.00. The minimum atomic E-state index is -0.447. The zero-order valence-electron chi connectivity index (χ0n) is 7.85. The third-order valence-corrected chi connectivity index (χ3v) is 4.18. The van der Waals surface area contributed by atoms with Crippen molar-refractivity contribution in [3.8, 4) is 0 Å². The number of hydrogen-bond acceptors (Lipinski definition) is 2. The van der Waals surface area contributed by atoms with Gasteiger partial charge in [0.15, 0.2) is 0 Å². The van der Waals surface area contributed by atoms with E-state index in [1.165, 1.54) is 0 Å². The summed E-state index contributed by atoms with van der Waals surface area (Å²) < 4.78 is 0. The molecule has 66 valence electrons. The maximum atomic E-state index is 10.3. The molecule has 0 aromatic heterocycles. The van der Waals surface area contributed by atoms with Crippen LogP contribution in [-0.2, 0) is 0 Å². The highest BCUT2D eigenvalue weighted by molar-refractivity contribution is 7.99. The van der Waals surface area contributed by atoms with Gasteiger partial charge in [-0.3, -0.25) is 0 Å². The molecule has 1 rings (SSSR count). The van der Waals surface area contributed by atoms with Gasteiger partial charge in [-0.2, -0.15) is 11.8 Å². The third-order valence-electron chi connectivity index (χ3n) is 2.80. The average molecular weight is 174 g/mol. The van der Waals surface area contributed by atoms with Crippen LogP contribution in [0, 0.1) is 11.3 Å². The van der Waals surface area contributed by atoms with E-state index >= 15 is 0 Å². The maximum absolute atomic E-state index is 10.3. The number of hydrogen-bond donors (Lipinski definition) is 1. The number of thioether (sulfide) groups is 1. The van der Waals surface area contributed by atoms with E-state index in [9.17, 15) is 5.11 Å². The van der Waals surface area contributed by atoms with E-state index in [-0.39, 0.29) is 5.41 Å². The van der Waals surface area contributed by atoms with Crippen LogP contribution in [-0.4, -0.2) is 22.2 Å². The van der Waals surface area contributed by atoms with Crippen LogP contribution in [0.5, 0.6) is 0 Å². The van der Waals surface area contributed by atoms with Crippen molar-refractivity contribution < 1.29 is 5.11 Å². The van der Waals surface area contributed by atoms with Crippen LogP contribution < -0.4 is 0 Å². The van der Waals surface area contributed by atoms with Crippen molar-refractivity contribution in [3.05, 3.63) is 0 Å². The Kier molecular flexibility index (Phi) is 2.28. The second-order valence-corrected chi connectivity index (χ2v) is 5.62. The molecule has 0 aromatic carbocycles. The van der Waals surface area contributed by atoms with Crippen molar-refractivity contribution in [2.24, 2.45) is 11.3 Å².